The van der Waals surface area contributed by atoms with Crippen LogP contribution < -0.4 is 5.32 Å². The highest BCUT2D eigenvalue weighted by atomic mass is 35.5. The first-order chi connectivity index (χ1) is 10.5. The number of nitrogens with zero attached hydrogens (tertiary/aromatic N) is 4. The monoisotopic (exact) mass is 339 g/mol. The number of aromatic nitrogens is 4. The summed E-state index contributed by atoms with van der Waals surface area (Å²) in [5.74, 6) is 0.621. The molecular formula is C14H18ClN5OS. The van der Waals surface area contributed by atoms with E-state index in [9.17, 15) is 4.79 Å². The molecule has 2 aromatic rings. The summed E-state index contributed by atoms with van der Waals surface area (Å²) in [6.45, 7) is 6.12. The molecule has 6 nitrogen and oxygen atoms in total. The highest BCUT2D eigenvalue weighted by Gasteiger charge is 2.14. The van der Waals surface area contributed by atoms with Crippen molar-refractivity contribution in [2.75, 3.05) is 5.75 Å². The fraction of sp³-hybridized carbons (Fsp3) is 0.429. The molecule has 0 saturated carbocycles. The van der Waals surface area contributed by atoms with Gasteiger partial charge in [-0.3, -0.25) is 4.79 Å². The van der Waals surface area contributed by atoms with Crippen LogP contribution in [0.25, 0.3) is 5.69 Å². The molecule has 8 heteroatoms. The summed E-state index contributed by atoms with van der Waals surface area (Å²) in [6, 6.07) is 7.36. The Morgan fingerprint density at radius 2 is 2.18 bits per heavy atom. The number of halogens is 1. The van der Waals surface area contributed by atoms with Crippen molar-refractivity contribution < 1.29 is 4.79 Å². The van der Waals surface area contributed by atoms with Crippen LogP contribution in [-0.2, 0) is 4.79 Å². The number of rotatable bonds is 6. The van der Waals surface area contributed by atoms with Crippen LogP contribution >= 0.6 is 23.4 Å². The smallest absolute Gasteiger partial charge is 0.230 e. The van der Waals surface area contributed by atoms with Gasteiger partial charge in [0, 0.05) is 11.1 Å². The van der Waals surface area contributed by atoms with Gasteiger partial charge in [-0.2, -0.15) is 4.68 Å². The number of tetrazole rings is 1. The van der Waals surface area contributed by atoms with E-state index >= 15 is 0 Å². The number of carbonyl (C=O) groups excluding carboxylic acids is 1. The maximum Gasteiger partial charge on any atom is 0.230 e. The fourth-order valence-electron chi connectivity index (χ4n) is 1.63. The Hall–Kier alpha value is -1.60. The van der Waals surface area contributed by atoms with Crippen LogP contribution in [0.1, 0.15) is 20.8 Å². The number of nitrogens with one attached hydrogen (secondary N) is 1. The minimum absolute atomic E-state index is 0.0353. The van der Waals surface area contributed by atoms with Gasteiger partial charge in [-0.05, 0) is 41.5 Å². The molecule has 0 fully saturated rings. The molecule has 0 unspecified atom stereocenters. The van der Waals surface area contributed by atoms with Crippen LogP contribution in [0.2, 0.25) is 5.02 Å². The molecule has 118 valence electrons. The molecule has 0 spiro atoms. The minimum atomic E-state index is -0.0353. The lowest BCUT2D eigenvalue weighted by Crippen LogP contribution is -2.37. The van der Waals surface area contributed by atoms with E-state index in [1.165, 1.54) is 11.8 Å². The molecular weight excluding hydrogens is 322 g/mol. The molecule has 1 N–H and O–H groups in total. The largest absolute Gasteiger partial charge is 0.353 e. The molecule has 1 aromatic carbocycles. The molecule has 0 radical (unpaired) electrons. The van der Waals surface area contributed by atoms with Gasteiger partial charge in [0.25, 0.3) is 0 Å². The van der Waals surface area contributed by atoms with Crippen molar-refractivity contribution in [2.24, 2.45) is 5.92 Å². The van der Waals surface area contributed by atoms with Gasteiger partial charge in [0.2, 0.25) is 11.1 Å². The molecule has 0 aliphatic carbocycles. The van der Waals surface area contributed by atoms with E-state index in [-0.39, 0.29) is 17.7 Å². The van der Waals surface area contributed by atoms with Crippen molar-refractivity contribution in [2.45, 2.75) is 32.0 Å². The lowest BCUT2D eigenvalue weighted by Gasteiger charge is -2.17. The Kier molecular flexibility index (Phi) is 5.79. The molecule has 1 amide bonds. The predicted octanol–water partition coefficient (Wildman–Crippen LogP) is 2.57. The zero-order chi connectivity index (χ0) is 16.1. The number of amides is 1. The standard InChI is InChI=1S/C14H18ClN5OS/c1-9(2)10(3)16-13(21)8-22-14-17-18-19-20(14)12-6-4-5-11(15)7-12/h4-7,9-10H,8H2,1-3H3,(H,16,21)/t10-/m0/s1. The van der Waals surface area contributed by atoms with Crippen molar-refractivity contribution in [1.29, 1.82) is 0 Å². The summed E-state index contributed by atoms with van der Waals surface area (Å²) in [5.41, 5.74) is 0.760. The Labute approximate surface area is 138 Å². The molecule has 22 heavy (non-hydrogen) atoms. The van der Waals surface area contributed by atoms with Crippen LogP contribution in [0.5, 0.6) is 0 Å². The number of hydrogen-bond acceptors (Lipinski definition) is 5. The van der Waals surface area contributed by atoms with Gasteiger partial charge in [0.15, 0.2) is 0 Å². The van der Waals surface area contributed by atoms with Gasteiger partial charge in [0.1, 0.15) is 0 Å². The van der Waals surface area contributed by atoms with Gasteiger partial charge in [-0.25, -0.2) is 0 Å². The van der Waals surface area contributed by atoms with Crippen molar-refractivity contribution >= 4 is 29.3 Å². The zero-order valence-electron chi connectivity index (χ0n) is 12.7. The van der Waals surface area contributed by atoms with Gasteiger partial charge < -0.3 is 5.32 Å². The van der Waals surface area contributed by atoms with Crippen LogP contribution in [0.4, 0.5) is 0 Å². The summed E-state index contributed by atoms with van der Waals surface area (Å²) < 4.78 is 1.57. The predicted molar refractivity (Wildman–Crippen MR) is 87.3 cm³/mol. The highest BCUT2D eigenvalue weighted by molar-refractivity contribution is 7.99. The van der Waals surface area contributed by atoms with Gasteiger partial charge >= 0.3 is 0 Å². The molecule has 1 aromatic heterocycles. The Morgan fingerprint density at radius 1 is 1.41 bits per heavy atom. The van der Waals surface area contributed by atoms with Crippen molar-refractivity contribution in [3.63, 3.8) is 0 Å². The second kappa shape index (κ2) is 7.60. The summed E-state index contributed by atoms with van der Waals surface area (Å²) in [5, 5.41) is 15.7. The Balaban J connectivity index is 2.00. The van der Waals surface area contributed by atoms with Crippen LogP contribution in [0.15, 0.2) is 29.4 Å². The van der Waals surface area contributed by atoms with E-state index in [1.807, 2.05) is 19.1 Å². The number of benzene rings is 1. The number of thioether (sulfide) groups is 1. The van der Waals surface area contributed by atoms with E-state index in [1.54, 1.807) is 16.8 Å². The first-order valence-electron chi connectivity index (χ1n) is 6.94. The van der Waals surface area contributed by atoms with E-state index < -0.39 is 0 Å². The van der Waals surface area contributed by atoms with E-state index in [0.29, 0.717) is 16.1 Å². The number of hydrogen-bond donors (Lipinski definition) is 1. The van der Waals surface area contributed by atoms with Gasteiger partial charge in [-0.1, -0.05) is 43.3 Å². The van der Waals surface area contributed by atoms with Crippen molar-refractivity contribution in [3.05, 3.63) is 29.3 Å². The van der Waals surface area contributed by atoms with E-state index in [0.717, 1.165) is 5.69 Å². The highest BCUT2D eigenvalue weighted by Crippen LogP contribution is 2.20. The third-order valence-electron chi connectivity index (χ3n) is 3.21. The maximum absolute atomic E-state index is 11.9. The van der Waals surface area contributed by atoms with Gasteiger partial charge in [-0.15, -0.1) is 5.10 Å². The molecule has 1 atom stereocenters. The summed E-state index contributed by atoms with van der Waals surface area (Å²) in [6.07, 6.45) is 0. The lowest BCUT2D eigenvalue weighted by atomic mass is 10.1. The second-order valence-electron chi connectivity index (χ2n) is 5.24. The summed E-state index contributed by atoms with van der Waals surface area (Å²) in [7, 11) is 0. The molecule has 1 heterocycles. The molecule has 0 aliphatic heterocycles. The molecule has 0 saturated heterocycles. The quantitative estimate of drug-likeness (QED) is 0.819. The molecule has 0 aliphatic rings. The zero-order valence-corrected chi connectivity index (χ0v) is 14.2. The van der Waals surface area contributed by atoms with E-state index in [4.69, 9.17) is 11.6 Å². The second-order valence-corrected chi connectivity index (χ2v) is 6.62. The molecule has 0 bridgehead atoms. The average molecular weight is 340 g/mol. The summed E-state index contributed by atoms with van der Waals surface area (Å²) in [4.78, 5) is 11.9. The lowest BCUT2D eigenvalue weighted by molar-refractivity contribution is -0.119. The topological polar surface area (TPSA) is 72.7 Å². The third-order valence-corrected chi connectivity index (χ3v) is 4.37. The summed E-state index contributed by atoms with van der Waals surface area (Å²) >= 11 is 7.26. The third kappa shape index (κ3) is 4.45. The molecule has 2 rings (SSSR count). The van der Waals surface area contributed by atoms with Crippen molar-refractivity contribution in [1.82, 2.24) is 25.5 Å². The number of carbonyl (C=O) groups is 1. The first kappa shape index (κ1) is 16.8. The fourth-order valence-corrected chi connectivity index (χ4v) is 2.52. The van der Waals surface area contributed by atoms with Crippen molar-refractivity contribution in [3.8, 4) is 5.69 Å². The normalized spacial score (nSPS) is 12.4. The minimum Gasteiger partial charge on any atom is -0.353 e. The SMILES string of the molecule is CC(C)[C@H](C)NC(=O)CSc1nnnn1-c1cccc(Cl)c1. The maximum atomic E-state index is 11.9. The average Bonchev–Trinajstić information content (AvgIpc) is 2.93. The first-order valence-corrected chi connectivity index (χ1v) is 8.30. The van der Waals surface area contributed by atoms with E-state index in [2.05, 4.69) is 34.7 Å². The Morgan fingerprint density at radius 3 is 2.86 bits per heavy atom. The van der Waals surface area contributed by atoms with Crippen LogP contribution in [0.3, 0.4) is 0 Å². The Bertz CT molecular complexity index is 646. The van der Waals surface area contributed by atoms with Gasteiger partial charge in [0.05, 0.1) is 11.4 Å². The van der Waals surface area contributed by atoms with Crippen LogP contribution in [0, 0.1) is 5.92 Å². The van der Waals surface area contributed by atoms with Crippen LogP contribution in [-0.4, -0.2) is 37.9 Å².